The molecule has 4 aliphatic carbocycles. The molecule has 4 saturated carbocycles. The number of fused-ring (bicyclic) bond motifs is 5. The Bertz CT molecular complexity index is 1610. The number of likely N-dealkylation sites (N-methyl/N-ethyl adjacent to an activating group) is 2. The van der Waals surface area contributed by atoms with Crippen molar-refractivity contribution in [3.05, 3.63) is 60.2 Å². The Morgan fingerprint density at radius 2 is 1.60 bits per heavy atom. The molecule has 5 N–H and O–H groups in total. The topological polar surface area (TPSA) is 125 Å². The first kappa shape index (κ1) is 43.8. The number of benzene rings is 2. The summed E-state index contributed by atoms with van der Waals surface area (Å²) in [5.41, 5.74) is 2.98. The second-order valence-corrected chi connectivity index (χ2v) is 19.2. The number of hydrogen-bond acceptors (Lipinski definition) is 7. The highest BCUT2D eigenvalue weighted by Crippen LogP contribution is 2.68. The lowest BCUT2D eigenvalue weighted by Gasteiger charge is -2.61. The first-order valence-electron chi connectivity index (χ1n) is 22.5. The molecule has 2 amide bonds. The average Bonchev–Trinajstić information content (AvgIpc) is 3.56. The van der Waals surface area contributed by atoms with E-state index in [2.05, 4.69) is 36.3 Å². The summed E-state index contributed by atoms with van der Waals surface area (Å²) < 4.78 is 0. The highest BCUT2D eigenvalue weighted by Gasteiger charge is 2.60. The predicted octanol–water partition coefficient (Wildman–Crippen LogP) is 6.14. The molecule has 10 atom stereocenters. The van der Waals surface area contributed by atoms with Crippen molar-refractivity contribution in [3.63, 3.8) is 0 Å². The first-order valence-corrected chi connectivity index (χ1v) is 22.5. The van der Waals surface area contributed by atoms with Crippen LogP contribution in [0.2, 0.25) is 0 Å². The van der Waals surface area contributed by atoms with E-state index < -0.39 is 7.12 Å². The van der Waals surface area contributed by atoms with E-state index in [0.29, 0.717) is 73.1 Å². The van der Waals surface area contributed by atoms with E-state index in [1.165, 1.54) is 44.9 Å². The maximum atomic E-state index is 14.0. The summed E-state index contributed by atoms with van der Waals surface area (Å²) in [6.45, 7) is 9.83. The monoisotopic (exact) mass is 785 g/mol. The van der Waals surface area contributed by atoms with Crippen LogP contribution in [-0.2, 0) is 16.1 Å². The van der Waals surface area contributed by atoms with Crippen LogP contribution < -0.4 is 21.0 Å². The van der Waals surface area contributed by atoms with E-state index in [-0.39, 0.29) is 24.0 Å². The number of nitrogens with one attached hydrogen (secondary N) is 2. The summed E-state index contributed by atoms with van der Waals surface area (Å²) in [6.07, 6.45) is 14.9. The van der Waals surface area contributed by atoms with Crippen LogP contribution in [0.3, 0.4) is 0 Å². The van der Waals surface area contributed by atoms with E-state index in [9.17, 15) is 24.7 Å². The number of para-hydroxylation sites is 1. The first-order chi connectivity index (χ1) is 27.4. The summed E-state index contributed by atoms with van der Waals surface area (Å²) in [4.78, 5) is 31.0. The molecule has 6 rings (SSSR count). The van der Waals surface area contributed by atoms with Gasteiger partial charge in [-0.05, 0) is 167 Å². The zero-order chi connectivity index (χ0) is 40.7. The minimum atomic E-state index is -1.53. The number of aliphatic hydroxyl groups excluding tert-OH is 1. The van der Waals surface area contributed by atoms with Crippen LogP contribution in [-0.4, -0.2) is 84.9 Å². The molecular weight excluding hydrogens is 711 g/mol. The molecule has 6 unspecified atom stereocenters. The largest absolute Gasteiger partial charge is 0.488 e. The third kappa shape index (κ3) is 10.0. The minimum Gasteiger partial charge on any atom is -0.423 e. The van der Waals surface area contributed by atoms with Crippen LogP contribution >= 0.6 is 0 Å². The van der Waals surface area contributed by atoms with Gasteiger partial charge in [-0.1, -0.05) is 63.2 Å². The second-order valence-electron chi connectivity index (χ2n) is 19.2. The van der Waals surface area contributed by atoms with Crippen molar-refractivity contribution in [2.75, 3.05) is 38.6 Å². The van der Waals surface area contributed by atoms with E-state index in [1.54, 1.807) is 12.1 Å². The van der Waals surface area contributed by atoms with Crippen molar-refractivity contribution in [3.8, 4) is 0 Å². The van der Waals surface area contributed by atoms with Crippen molar-refractivity contribution in [2.45, 2.75) is 129 Å². The van der Waals surface area contributed by atoms with Gasteiger partial charge in [-0.3, -0.25) is 9.59 Å². The van der Waals surface area contributed by atoms with E-state index in [1.807, 2.05) is 61.5 Å². The molecule has 0 bridgehead atoms. The molecule has 2 aromatic rings. The Kier molecular flexibility index (Phi) is 15.0. The summed E-state index contributed by atoms with van der Waals surface area (Å²) in [6, 6.07) is 16.7. The fraction of sp³-hybridized carbons (Fsp3) is 0.702. The fourth-order valence-corrected chi connectivity index (χ4v) is 12.7. The predicted molar refractivity (Wildman–Crippen MR) is 231 cm³/mol. The van der Waals surface area contributed by atoms with Gasteiger partial charge in [0.25, 0.3) is 0 Å². The minimum absolute atomic E-state index is 0.0216. The second kappa shape index (κ2) is 19.5. The number of anilines is 1. The number of nitrogens with zero attached hydrogens (tertiary/aromatic N) is 2. The molecule has 0 spiro atoms. The normalized spacial score (nSPS) is 30.5. The molecule has 314 valence electrons. The van der Waals surface area contributed by atoms with Gasteiger partial charge in [0.05, 0.1) is 12.1 Å². The van der Waals surface area contributed by atoms with Crippen molar-refractivity contribution < 1.29 is 24.7 Å². The number of rotatable bonds is 18. The third-order valence-corrected chi connectivity index (χ3v) is 15.9. The van der Waals surface area contributed by atoms with Gasteiger partial charge in [-0.15, -0.1) is 0 Å². The van der Waals surface area contributed by atoms with Gasteiger partial charge in [-0.2, -0.15) is 0 Å². The molecule has 0 heterocycles. The Morgan fingerprint density at radius 1 is 0.877 bits per heavy atom. The van der Waals surface area contributed by atoms with Gasteiger partial charge in [0.2, 0.25) is 11.8 Å². The Labute approximate surface area is 343 Å². The van der Waals surface area contributed by atoms with Crippen molar-refractivity contribution >= 4 is 30.1 Å². The molecule has 0 aliphatic heterocycles. The van der Waals surface area contributed by atoms with Crippen LogP contribution in [0.5, 0.6) is 0 Å². The van der Waals surface area contributed by atoms with Gasteiger partial charge in [0, 0.05) is 38.3 Å². The molecule has 10 heteroatoms. The highest BCUT2D eigenvalue weighted by atomic mass is 16.4. The molecule has 0 radical (unpaired) electrons. The molecule has 4 aliphatic rings. The van der Waals surface area contributed by atoms with Crippen LogP contribution in [0, 0.1) is 46.3 Å². The number of unbranched alkanes of at least 4 members (excludes halogenated alkanes) is 1. The van der Waals surface area contributed by atoms with Crippen LogP contribution in [0.15, 0.2) is 54.6 Å². The molecule has 0 saturated heterocycles. The number of carbonyl (C=O) groups excluding carboxylic acids is 2. The number of carbonyl (C=O) groups is 2. The lowest BCUT2D eigenvalue weighted by molar-refractivity contribution is -0.129. The molecular formula is C47H73BN4O5. The fourth-order valence-electron chi connectivity index (χ4n) is 12.7. The zero-order valence-electron chi connectivity index (χ0n) is 35.7. The molecule has 0 aromatic heterocycles. The number of amides is 2. The summed E-state index contributed by atoms with van der Waals surface area (Å²) >= 11 is 0. The molecule has 57 heavy (non-hydrogen) atoms. The number of hydrogen-bond donors (Lipinski definition) is 5. The number of aliphatic hydroxyl groups is 1. The Morgan fingerprint density at radius 3 is 2.35 bits per heavy atom. The smallest absolute Gasteiger partial charge is 0.423 e. The Hall–Kier alpha value is -2.76. The molecule has 2 aromatic carbocycles. The van der Waals surface area contributed by atoms with Crippen molar-refractivity contribution in [1.29, 1.82) is 0 Å². The van der Waals surface area contributed by atoms with Crippen LogP contribution in [0.25, 0.3) is 0 Å². The van der Waals surface area contributed by atoms with E-state index in [0.717, 1.165) is 61.1 Å². The van der Waals surface area contributed by atoms with Gasteiger partial charge in [0.15, 0.2) is 0 Å². The van der Waals surface area contributed by atoms with Gasteiger partial charge >= 0.3 is 7.12 Å². The standard InChI is InChI=1S/C47H73BN4O5/c1-33(39-21-22-40-38-20-19-35-31-37(53)24-26-46(35,2)41(38)25-27-47(39,40)3)18-23-44(54)50-28-12-11-17-43(49-4)45(55)52(36-14-7-6-8-15-36)30-29-51(5)32-34-13-9-10-16-42(34)48(56)57/h6-10,13-16,33,35,37-41,43,49,53,56-57H,11-12,17-32H2,1-5H3,(H,50,54)/t33?,35-,37-,38?,39?,40?,41?,43?,46+,47-/m0/s1. The molecule has 4 fully saturated rings. The van der Waals surface area contributed by atoms with Crippen LogP contribution in [0.4, 0.5) is 5.69 Å². The maximum absolute atomic E-state index is 14.0. The van der Waals surface area contributed by atoms with Crippen molar-refractivity contribution in [1.82, 2.24) is 15.5 Å². The maximum Gasteiger partial charge on any atom is 0.488 e. The van der Waals surface area contributed by atoms with E-state index in [4.69, 9.17) is 0 Å². The van der Waals surface area contributed by atoms with Gasteiger partial charge in [-0.25, -0.2) is 0 Å². The third-order valence-electron chi connectivity index (χ3n) is 15.9. The van der Waals surface area contributed by atoms with Gasteiger partial charge < -0.3 is 35.6 Å². The highest BCUT2D eigenvalue weighted by molar-refractivity contribution is 6.59. The Balaban J connectivity index is 0.927. The SMILES string of the molecule is CNC(CCCCNC(=O)CCC(C)C1CCC2C3CC[C@H]4C[C@@H](O)CC[C@@]4(C)C3CC[C@@]12C)C(=O)N(CCN(C)Cc1ccccc1B(O)O)c1ccccc1. The zero-order valence-corrected chi connectivity index (χ0v) is 35.7. The van der Waals surface area contributed by atoms with Crippen LogP contribution in [0.1, 0.15) is 116 Å². The summed E-state index contributed by atoms with van der Waals surface area (Å²) in [5.74, 6) is 4.58. The lowest BCUT2D eigenvalue weighted by atomic mass is 9.44. The quantitative estimate of drug-likeness (QED) is 0.0909. The van der Waals surface area contributed by atoms with E-state index >= 15 is 0 Å². The van der Waals surface area contributed by atoms with Gasteiger partial charge in [0.1, 0.15) is 0 Å². The summed E-state index contributed by atoms with van der Waals surface area (Å²) in [7, 11) is 2.28. The van der Waals surface area contributed by atoms with Crippen molar-refractivity contribution in [2.24, 2.45) is 46.3 Å². The summed E-state index contributed by atoms with van der Waals surface area (Å²) in [5, 5.41) is 36.5. The molecule has 9 nitrogen and oxygen atoms in total. The average molecular weight is 785 g/mol. The lowest BCUT2D eigenvalue weighted by Crippen LogP contribution is -2.54.